The summed E-state index contributed by atoms with van der Waals surface area (Å²) < 4.78 is 25.9. The number of hydrogen-bond acceptors (Lipinski definition) is 4. The van der Waals surface area contributed by atoms with E-state index in [2.05, 4.69) is 4.98 Å². The van der Waals surface area contributed by atoms with Gasteiger partial charge in [-0.25, -0.2) is 13.1 Å². The number of amides is 1. The average Bonchev–Trinajstić information content (AvgIpc) is 2.40. The monoisotopic (exact) mass is 276 g/mol. The maximum absolute atomic E-state index is 11.9. The predicted octanol–water partition coefficient (Wildman–Crippen LogP) is 1.51. The summed E-state index contributed by atoms with van der Waals surface area (Å²) in [6.45, 7) is 1.78. The van der Waals surface area contributed by atoms with Crippen molar-refractivity contribution in [3.63, 3.8) is 0 Å². The molecular formula is C13H12N2O3S. The number of hydrogen-bond donors (Lipinski definition) is 1. The summed E-state index contributed by atoms with van der Waals surface area (Å²) in [5.74, 6) is -0.698. The second kappa shape index (κ2) is 5.19. The standard InChI is InChI=1S/C13H12N2O3S/c1-10-7-8-11(9-14-10)13(16)15-19(17,18)12-5-3-2-4-6-12/h2-9H,1H3,(H,15,16). The fourth-order valence-corrected chi connectivity index (χ4v) is 2.44. The third-order valence-electron chi connectivity index (χ3n) is 2.45. The van der Waals surface area contributed by atoms with Crippen molar-refractivity contribution >= 4 is 15.9 Å². The van der Waals surface area contributed by atoms with E-state index in [0.717, 1.165) is 5.69 Å². The lowest BCUT2D eigenvalue weighted by Crippen LogP contribution is -2.30. The van der Waals surface area contributed by atoms with Gasteiger partial charge in [-0.3, -0.25) is 9.78 Å². The molecule has 1 N–H and O–H groups in total. The van der Waals surface area contributed by atoms with Crippen LogP contribution in [0, 0.1) is 6.92 Å². The Morgan fingerprint density at radius 1 is 1.11 bits per heavy atom. The van der Waals surface area contributed by atoms with Crippen molar-refractivity contribution in [1.82, 2.24) is 9.71 Å². The van der Waals surface area contributed by atoms with Crippen molar-refractivity contribution in [2.24, 2.45) is 0 Å². The number of nitrogens with one attached hydrogen (secondary N) is 1. The largest absolute Gasteiger partial charge is 0.268 e. The summed E-state index contributed by atoms with van der Waals surface area (Å²) in [6, 6.07) is 10.9. The Morgan fingerprint density at radius 3 is 2.37 bits per heavy atom. The minimum absolute atomic E-state index is 0.0448. The van der Waals surface area contributed by atoms with Crippen LogP contribution in [-0.2, 0) is 10.0 Å². The molecule has 2 rings (SSSR count). The molecule has 0 aliphatic carbocycles. The summed E-state index contributed by atoms with van der Waals surface area (Å²) in [5.41, 5.74) is 0.951. The van der Waals surface area contributed by atoms with Crippen LogP contribution in [0.15, 0.2) is 53.6 Å². The van der Waals surface area contributed by atoms with E-state index in [4.69, 9.17) is 0 Å². The Morgan fingerprint density at radius 2 is 1.79 bits per heavy atom. The summed E-state index contributed by atoms with van der Waals surface area (Å²) in [5, 5.41) is 0. The molecule has 2 aromatic rings. The number of sulfonamides is 1. The molecule has 1 aromatic heterocycles. The fourth-order valence-electron chi connectivity index (χ4n) is 1.44. The van der Waals surface area contributed by atoms with E-state index in [-0.39, 0.29) is 10.5 Å². The maximum Gasteiger partial charge on any atom is 0.266 e. The van der Waals surface area contributed by atoms with Crippen molar-refractivity contribution in [1.29, 1.82) is 0 Å². The molecule has 0 saturated carbocycles. The van der Waals surface area contributed by atoms with Crippen molar-refractivity contribution in [3.8, 4) is 0 Å². The Kier molecular flexibility index (Phi) is 3.62. The molecule has 1 amide bonds. The van der Waals surface area contributed by atoms with Crippen LogP contribution in [0.25, 0.3) is 0 Å². The van der Waals surface area contributed by atoms with E-state index in [1.807, 2.05) is 4.72 Å². The van der Waals surface area contributed by atoms with Crippen LogP contribution in [0.4, 0.5) is 0 Å². The van der Waals surface area contributed by atoms with Gasteiger partial charge >= 0.3 is 0 Å². The molecule has 98 valence electrons. The van der Waals surface area contributed by atoms with Crippen LogP contribution in [0.1, 0.15) is 16.1 Å². The smallest absolute Gasteiger partial charge is 0.266 e. The van der Waals surface area contributed by atoms with Crippen molar-refractivity contribution in [3.05, 3.63) is 59.9 Å². The summed E-state index contributed by atoms with van der Waals surface area (Å²) in [7, 11) is -3.85. The summed E-state index contributed by atoms with van der Waals surface area (Å²) in [4.78, 5) is 15.8. The highest BCUT2D eigenvalue weighted by molar-refractivity contribution is 7.90. The zero-order valence-electron chi connectivity index (χ0n) is 10.2. The molecule has 0 aliphatic heterocycles. The number of benzene rings is 1. The van der Waals surface area contributed by atoms with Gasteiger partial charge in [0.15, 0.2) is 0 Å². The first-order valence-electron chi connectivity index (χ1n) is 5.54. The summed E-state index contributed by atoms with van der Waals surface area (Å²) >= 11 is 0. The van der Waals surface area contributed by atoms with Gasteiger partial charge in [0.2, 0.25) is 0 Å². The van der Waals surface area contributed by atoms with Gasteiger partial charge in [0.05, 0.1) is 10.5 Å². The topological polar surface area (TPSA) is 76.1 Å². The van der Waals surface area contributed by atoms with Gasteiger partial charge in [-0.05, 0) is 31.2 Å². The third kappa shape index (κ3) is 3.17. The first-order chi connectivity index (χ1) is 8.99. The number of aryl methyl sites for hydroxylation is 1. The van der Waals surface area contributed by atoms with Crippen LogP contribution in [0.5, 0.6) is 0 Å². The van der Waals surface area contributed by atoms with E-state index < -0.39 is 15.9 Å². The van der Waals surface area contributed by atoms with Crippen LogP contribution < -0.4 is 4.72 Å². The number of aromatic nitrogens is 1. The van der Waals surface area contributed by atoms with Crippen molar-refractivity contribution in [2.45, 2.75) is 11.8 Å². The molecule has 0 aliphatic rings. The number of pyridine rings is 1. The molecule has 6 heteroatoms. The summed E-state index contributed by atoms with van der Waals surface area (Å²) in [6.07, 6.45) is 1.34. The number of carbonyl (C=O) groups is 1. The molecule has 1 aromatic carbocycles. The first-order valence-corrected chi connectivity index (χ1v) is 7.02. The van der Waals surface area contributed by atoms with E-state index in [9.17, 15) is 13.2 Å². The molecule has 1 heterocycles. The average molecular weight is 276 g/mol. The highest BCUT2D eigenvalue weighted by Gasteiger charge is 2.18. The highest BCUT2D eigenvalue weighted by atomic mass is 32.2. The van der Waals surface area contributed by atoms with Crippen molar-refractivity contribution < 1.29 is 13.2 Å². The molecule has 0 bridgehead atoms. The predicted molar refractivity (Wildman–Crippen MR) is 70.1 cm³/mol. The zero-order valence-corrected chi connectivity index (χ0v) is 11.0. The molecule has 0 unspecified atom stereocenters. The fraction of sp³-hybridized carbons (Fsp3) is 0.0769. The van der Waals surface area contributed by atoms with Crippen molar-refractivity contribution in [2.75, 3.05) is 0 Å². The lowest BCUT2D eigenvalue weighted by molar-refractivity contribution is 0.0981. The molecule has 5 nitrogen and oxygen atoms in total. The molecule has 0 saturated heterocycles. The van der Waals surface area contributed by atoms with E-state index in [1.165, 1.54) is 24.4 Å². The Hall–Kier alpha value is -2.21. The Bertz CT molecular complexity index is 680. The van der Waals surface area contributed by atoms with Gasteiger partial charge in [-0.1, -0.05) is 18.2 Å². The second-order valence-electron chi connectivity index (χ2n) is 3.94. The van der Waals surface area contributed by atoms with Crippen LogP contribution in [0.3, 0.4) is 0 Å². The lowest BCUT2D eigenvalue weighted by Gasteiger charge is -2.06. The van der Waals surface area contributed by atoms with Crippen LogP contribution in [-0.4, -0.2) is 19.3 Å². The maximum atomic E-state index is 11.9. The number of nitrogens with zero attached hydrogens (tertiary/aromatic N) is 1. The lowest BCUT2D eigenvalue weighted by atomic mass is 10.2. The molecular weight excluding hydrogens is 264 g/mol. The van der Waals surface area contributed by atoms with Crippen LogP contribution >= 0.6 is 0 Å². The van der Waals surface area contributed by atoms with E-state index >= 15 is 0 Å². The van der Waals surface area contributed by atoms with Gasteiger partial charge in [-0.15, -0.1) is 0 Å². The second-order valence-corrected chi connectivity index (χ2v) is 5.62. The van der Waals surface area contributed by atoms with Gasteiger partial charge in [0.1, 0.15) is 0 Å². The van der Waals surface area contributed by atoms with E-state index in [0.29, 0.717) is 0 Å². The Balaban J connectivity index is 2.22. The molecule has 0 atom stereocenters. The third-order valence-corrected chi connectivity index (χ3v) is 3.80. The zero-order chi connectivity index (χ0) is 13.9. The van der Waals surface area contributed by atoms with Gasteiger partial charge in [0, 0.05) is 11.9 Å². The normalized spacial score (nSPS) is 11.0. The van der Waals surface area contributed by atoms with Gasteiger partial charge < -0.3 is 0 Å². The van der Waals surface area contributed by atoms with Crippen LogP contribution in [0.2, 0.25) is 0 Å². The van der Waals surface area contributed by atoms with E-state index in [1.54, 1.807) is 31.2 Å². The molecule has 0 radical (unpaired) electrons. The minimum Gasteiger partial charge on any atom is -0.268 e. The van der Waals surface area contributed by atoms with Gasteiger partial charge in [-0.2, -0.15) is 0 Å². The Labute approximate surface area is 111 Å². The minimum atomic E-state index is -3.85. The SMILES string of the molecule is Cc1ccc(C(=O)NS(=O)(=O)c2ccccc2)cn1. The number of carbonyl (C=O) groups excluding carboxylic acids is 1. The molecule has 0 fully saturated rings. The highest BCUT2D eigenvalue weighted by Crippen LogP contribution is 2.08. The quantitative estimate of drug-likeness (QED) is 0.922. The molecule has 0 spiro atoms. The van der Waals surface area contributed by atoms with Gasteiger partial charge in [0.25, 0.3) is 15.9 Å². The number of rotatable bonds is 3. The first kappa shape index (κ1) is 13.2. The molecule has 19 heavy (non-hydrogen) atoms.